The van der Waals surface area contributed by atoms with Gasteiger partial charge in [-0.2, -0.15) is 0 Å². The van der Waals surface area contributed by atoms with Crippen LogP contribution in [0.4, 0.5) is 5.69 Å². The summed E-state index contributed by atoms with van der Waals surface area (Å²) in [6, 6.07) is 0. The van der Waals surface area contributed by atoms with Gasteiger partial charge in [-0.3, -0.25) is 0 Å². The maximum atomic E-state index is 5.45. The Labute approximate surface area is 90.2 Å². The molecule has 15 heavy (non-hydrogen) atoms. The molecule has 1 saturated carbocycles. The molecule has 0 aliphatic heterocycles. The van der Waals surface area contributed by atoms with Gasteiger partial charge in [0.15, 0.2) is 5.76 Å². The number of rotatable bonds is 5. The number of hydrogen-bond acceptors (Lipinski definition) is 4. The Bertz CT molecular complexity index is 292. The van der Waals surface area contributed by atoms with Crippen molar-refractivity contribution in [1.82, 2.24) is 5.16 Å². The fourth-order valence-corrected chi connectivity index (χ4v) is 2.19. The van der Waals surface area contributed by atoms with Gasteiger partial charge in [0, 0.05) is 12.5 Å². The van der Waals surface area contributed by atoms with Crippen molar-refractivity contribution < 1.29 is 4.52 Å². The molecule has 1 fully saturated rings. The molecule has 1 aliphatic rings. The second-order valence-corrected chi connectivity index (χ2v) is 4.15. The molecule has 1 aromatic rings. The van der Waals surface area contributed by atoms with Crippen LogP contribution in [-0.2, 0) is 0 Å². The van der Waals surface area contributed by atoms with Crippen molar-refractivity contribution in [2.45, 2.75) is 38.0 Å². The second-order valence-electron chi connectivity index (χ2n) is 4.15. The van der Waals surface area contributed by atoms with Gasteiger partial charge in [0.1, 0.15) is 0 Å². The quantitative estimate of drug-likeness (QED) is 0.729. The van der Waals surface area contributed by atoms with Crippen LogP contribution in [0, 0.1) is 0 Å². The Kier molecular flexibility index (Phi) is 3.61. The predicted octanol–water partition coefficient (Wildman–Crippen LogP) is 2.09. The highest BCUT2D eigenvalue weighted by Gasteiger charge is 2.23. The van der Waals surface area contributed by atoms with E-state index in [2.05, 4.69) is 10.5 Å². The second kappa shape index (κ2) is 5.16. The van der Waals surface area contributed by atoms with Crippen molar-refractivity contribution >= 4 is 5.69 Å². The first-order valence-electron chi connectivity index (χ1n) is 5.80. The molecule has 3 N–H and O–H groups in total. The van der Waals surface area contributed by atoms with Crippen LogP contribution in [0.25, 0.3) is 0 Å². The number of nitrogens with one attached hydrogen (secondary N) is 1. The average molecular weight is 209 g/mol. The molecular formula is C11H19N3O. The molecule has 0 radical (unpaired) electrons. The molecule has 1 aromatic heterocycles. The number of hydrogen-bond donors (Lipinski definition) is 2. The molecular weight excluding hydrogens is 190 g/mol. The summed E-state index contributed by atoms with van der Waals surface area (Å²) in [5, 5.41) is 7.21. The van der Waals surface area contributed by atoms with Crippen LogP contribution in [0.15, 0.2) is 10.7 Å². The molecule has 4 nitrogen and oxygen atoms in total. The van der Waals surface area contributed by atoms with E-state index in [9.17, 15) is 0 Å². The third-order valence-corrected chi connectivity index (χ3v) is 3.02. The summed E-state index contributed by atoms with van der Waals surface area (Å²) in [4.78, 5) is 0. The summed E-state index contributed by atoms with van der Waals surface area (Å²) in [6.45, 7) is 1.62. The largest absolute Gasteiger partial charge is 0.381 e. The molecule has 0 atom stereocenters. The lowest BCUT2D eigenvalue weighted by Crippen LogP contribution is -2.09. The molecule has 0 bridgehead atoms. The molecule has 1 aliphatic carbocycles. The summed E-state index contributed by atoms with van der Waals surface area (Å²) in [5.41, 5.74) is 6.51. The molecule has 0 amide bonds. The van der Waals surface area contributed by atoms with E-state index in [0.29, 0.717) is 5.92 Å². The van der Waals surface area contributed by atoms with Crippen molar-refractivity contribution in [2.24, 2.45) is 5.73 Å². The number of nitrogens with two attached hydrogens (primary N) is 1. The van der Waals surface area contributed by atoms with E-state index >= 15 is 0 Å². The zero-order chi connectivity index (χ0) is 10.5. The number of aromatic nitrogens is 1. The van der Waals surface area contributed by atoms with Gasteiger partial charge >= 0.3 is 0 Å². The SMILES string of the molecule is NCCCNc1cnoc1C1CCCC1. The minimum absolute atomic E-state index is 0.577. The topological polar surface area (TPSA) is 64.1 Å². The van der Waals surface area contributed by atoms with Gasteiger partial charge in [0.05, 0.1) is 11.9 Å². The molecule has 0 spiro atoms. The van der Waals surface area contributed by atoms with Crippen molar-refractivity contribution in [3.05, 3.63) is 12.0 Å². The summed E-state index contributed by atoms with van der Waals surface area (Å²) >= 11 is 0. The molecule has 0 aromatic carbocycles. The van der Waals surface area contributed by atoms with Gasteiger partial charge in [0.2, 0.25) is 0 Å². The zero-order valence-corrected chi connectivity index (χ0v) is 9.04. The van der Waals surface area contributed by atoms with Crippen molar-refractivity contribution in [3.8, 4) is 0 Å². The molecule has 1 heterocycles. The Balaban J connectivity index is 1.95. The first-order chi connectivity index (χ1) is 7.42. The summed E-state index contributed by atoms with van der Waals surface area (Å²) in [6.07, 6.45) is 7.86. The first kappa shape index (κ1) is 10.5. The Morgan fingerprint density at radius 3 is 3.00 bits per heavy atom. The van der Waals surface area contributed by atoms with Crippen LogP contribution in [0.2, 0.25) is 0 Å². The minimum atomic E-state index is 0.577. The number of nitrogens with zero attached hydrogens (tertiary/aromatic N) is 1. The van der Waals surface area contributed by atoms with Crippen molar-refractivity contribution in [3.63, 3.8) is 0 Å². The van der Waals surface area contributed by atoms with Gasteiger partial charge < -0.3 is 15.6 Å². The number of anilines is 1. The van der Waals surface area contributed by atoms with E-state index in [1.165, 1.54) is 25.7 Å². The fourth-order valence-electron chi connectivity index (χ4n) is 2.19. The summed E-state index contributed by atoms with van der Waals surface area (Å²) in [7, 11) is 0. The van der Waals surface area contributed by atoms with Crippen LogP contribution >= 0.6 is 0 Å². The van der Waals surface area contributed by atoms with Crippen molar-refractivity contribution in [2.75, 3.05) is 18.4 Å². The lowest BCUT2D eigenvalue weighted by atomic mass is 10.0. The highest BCUT2D eigenvalue weighted by Crippen LogP contribution is 2.37. The highest BCUT2D eigenvalue weighted by atomic mass is 16.5. The summed E-state index contributed by atoms with van der Waals surface area (Å²) in [5.74, 6) is 1.62. The van der Waals surface area contributed by atoms with E-state index in [1.807, 2.05) is 0 Å². The zero-order valence-electron chi connectivity index (χ0n) is 9.04. The molecule has 0 unspecified atom stereocenters. The monoisotopic (exact) mass is 209 g/mol. The smallest absolute Gasteiger partial charge is 0.162 e. The van der Waals surface area contributed by atoms with Crippen LogP contribution in [0.5, 0.6) is 0 Å². The maximum Gasteiger partial charge on any atom is 0.162 e. The van der Waals surface area contributed by atoms with Gasteiger partial charge in [-0.25, -0.2) is 0 Å². The lowest BCUT2D eigenvalue weighted by Gasteiger charge is -2.08. The lowest BCUT2D eigenvalue weighted by molar-refractivity contribution is 0.361. The fraction of sp³-hybridized carbons (Fsp3) is 0.727. The summed E-state index contributed by atoms with van der Waals surface area (Å²) < 4.78 is 5.34. The molecule has 4 heteroatoms. The normalized spacial score (nSPS) is 17.1. The molecule has 84 valence electrons. The van der Waals surface area contributed by atoms with E-state index in [4.69, 9.17) is 10.3 Å². The minimum Gasteiger partial charge on any atom is -0.381 e. The maximum absolute atomic E-state index is 5.45. The van der Waals surface area contributed by atoms with Crippen LogP contribution in [0.3, 0.4) is 0 Å². The van der Waals surface area contributed by atoms with Crippen LogP contribution in [0.1, 0.15) is 43.8 Å². The van der Waals surface area contributed by atoms with Gasteiger partial charge in [-0.05, 0) is 25.8 Å². The standard InChI is InChI=1S/C11H19N3O/c12-6-3-7-13-10-8-14-15-11(10)9-4-1-2-5-9/h8-9,13H,1-7,12H2. The average Bonchev–Trinajstić information content (AvgIpc) is 2.87. The van der Waals surface area contributed by atoms with Gasteiger partial charge in [-0.1, -0.05) is 18.0 Å². The van der Waals surface area contributed by atoms with Gasteiger partial charge in [0.25, 0.3) is 0 Å². The predicted molar refractivity (Wildman–Crippen MR) is 59.9 cm³/mol. The third-order valence-electron chi connectivity index (χ3n) is 3.02. The van der Waals surface area contributed by atoms with E-state index in [-0.39, 0.29) is 0 Å². The highest BCUT2D eigenvalue weighted by molar-refractivity contribution is 5.46. The van der Waals surface area contributed by atoms with Crippen LogP contribution in [-0.4, -0.2) is 18.2 Å². The Hall–Kier alpha value is -1.03. The molecule has 0 saturated heterocycles. The molecule has 2 rings (SSSR count). The Morgan fingerprint density at radius 1 is 1.47 bits per heavy atom. The van der Waals surface area contributed by atoms with E-state index < -0.39 is 0 Å². The van der Waals surface area contributed by atoms with Gasteiger partial charge in [-0.15, -0.1) is 0 Å². The third kappa shape index (κ3) is 2.50. The van der Waals surface area contributed by atoms with E-state index in [1.54, 1.807) is 6.20 Å². The van der Waals surface area contributed by atoms with E-state index in [0.717, 1.165) is 31.0 Å². The van der Waals surface area contributed by atoms with Crippen LogP contribution < -0.4 is 11.1 Å². The Morgan fingerprint density at radius 2 is 2.27 bits per heavy atom. The van der Waals surface area contributed by atoms with Crippen molar-refractivity contribution in [1.29, 1.82) is 0 Å². The first-order valence-corrected chi connectivity index (χ1v) is 5.80.